The maximum atomic E-state index is 12.4. The number of anilines is 1. The molecule has 3 nitrogen and oxygen atoms in total. The summed E-state index contributed by atoms with van der Waals surface area (Å²) in [4.78, 5) is 0. The Morgan fingerprint density at radius 2 is 2.00 bits per heavy atom. The first-order valence-corrected chi connectivity index (χ1v) is 6.50. The molecule has 1 atom stereocenters. The molecule has 1 unspecified atom stereocenters. The van der Waals surface area contributed by atoms with Gasteiger partial charge in [-0.05, 0) is 38.8 Å². The molecule has 20 heavy (non-hydrogen) atoms. The van der Waals surface area contributed by atoms with Gasteiger partial charge in [0.15, 0.2) is 5.75 Å². The highest BCUT2D eigenvalue weighted by atomic mass is 19.4. The van der Waals surface area contributed by atoms with Crippen molar-refractivity contribution < 1.29 is 22.6 Å². The topological polar surface area (TPSA) is 30.5 Å². The quantitative estimate of drug-likeness (QED) is 0.913. The van der Waals surface area contributed by atoms with Gasteiger partial charge in [-0.1, -0.05) is 12.1 Å². The Bertz CT molecular complexity index is 460. The van der Waals surface area contributed by atoms with Crippen LogP contribution in [0.15, 0.2) is 24.3 Å². The van der Waals surface area contributed by atoms with Crippen molar-refractivity contribution in [2.75, 3.05) is 11.9 Å². The predicted molar refractivity (Wildman–Crippen MR) is 69.8 cm³/mol. The average Bonchev–Trinajstić information content (AvgIpc) is 2.28. The molecule has 1 fully saturated rings. The van der Waals surface area contributed by atoms with Crippen molar-refractivity contribution in [3.8, 4) is 5.75 Å². The maximum absolute atomic E-state index is 12.4. The number of ether oxygens (including phenoxy) is 2. The molecule has 0 saturated carbocycles. The lowest BCUT2D eigenvalue weighted by atomic mass is 9.94. The summed E-state index contributed by atoms with van der Waals surface area (Å²) in [7, 11) is 0. The third-order valence-corrected chi connectivity index (χ3v) is 3.17. The van der Waals surface area contributed by atoms with Crippen LogP contribution in [0.3, 0.4) is 0 Å². The van der Waals surface area contributed by atoms with Gasteiger partial charge in [-0.15, -0.1) is 13.2 Å². The van der Waals surface area contributed by atoms with Crippen LogP contribution in [0.25, 0.3) is 0 Å². The van der Waals surface area contributed by atoms with Gasteiger partial charge in [0.1, 0.15) is 0 Å². The second kappa shape index (κ2) is 5.52. The van der Waals surface area contributed by atoms with E-state index in [1.165, 1.54) is 12.1 Å². The van der Waals surface area contributed by atoms with E-state index in [1.54, 1.807) is 12.1 Å². The lowest BCUT2D eigenvalue weighted by Gasteiger charge is -2.36. The monoisotopic (exact) mass is 289 g/mol. The number of rotatable bonds is 3. The predicted octanol–water partition coefficient (Wildman–Crippen LogP) is 3.95. The highest BCUT2D eigenvalue weighted by molar-refractivity contribution is 5.56. The molecule has 1 aliphatic rings. The number of benzene rings is 1. The van der Waals surface area contributed by atoms with Gasteiger partial charge in [-0.3, -0.25) is 0 Å². The third-order valence-electron chi connectivity index (χ3n) is 3.17. The third kappa shape index (κ3) is 4.30. The number of hydrogen-bond acceptors (Lipinski definition) is 3. The van der Waals surface area contributed by atoms with Crippen molar-refractivity contribution in [2.24, 2.45) is 0 Å². The van der Waals surface area contributed by atoms with Crippen LogP contribution in [0.1, 0.15) is 26.7 Å². The highest BCUT2D eigenvalue weighted by Gasteiger charge is 2.33. The van der Waals surface area contributed by atoms with E-state index in [0.29, 0.717) is 12.3 Å². The van der Waals surface area contributed by atoms with E-state index in [1.807, 2.05) is 13.8 Å². The minimum absolute atomic E-state index is 0.0664. The number of halogens is 3. The van der Waals surface area contributed by atoms with Crippen LogP contribution in [0.4, 0.5) is 18.9 Å². The van der Waals surface area contributed by atoms with E-state index in [0.717, 1.165) is 12.8 Å². The smallest absolute Gasteiger partial charge is 0.404 e. The first kappa shape index (κ1) is 15.0. The summed E-state index contributed by atoms with van der Waals surface area (Å²) < 4.78 is 46.7. The molecule has 112 valence electrons. The Kier molecular flexibility index (Phi) is 4.13. The fourth-order valence-corrected chi connectivity index (χ4v) is 2.37. The first-order valence-electron chi connectivity index (χ1n) is 6.50. The summed E-state index contributed by atoms with van der Waals surface area (Å²) in [5.74, 6) is -0.204. The Balaban J connectivity index is 2.09. The van der Waals surface area contributed by atoms with Gasteiger partial charge in [0.25, 0.3) is 0 Å². The Labute approximate surface area is 116 Å². The second-order valence-electron chi connectivity index (χ2n) is 5.49. The molecular weight excluding hydrogens is 271 g/mol. The van der Waals surface area contributed by atoms with Crippen LogP contribution < -0.4 is 10.1 Å². The molecule has 1 aromatic carbocycles. The van der Waals surface area contributed by atoms with Crippen molar-refractivity contribution in [1.82, 2.24) is 0 Å². The van der Waals surface area contributed by atoms with Crippen molar-refractivity contribution in [3.63, 3.8) is 0 Å². The zero-order valence-electron chi connectivity index (χ0n) is 11.5. The summed E-state index contributed by atoms with van der Waals surface area (Å²) >= 11 is 0. The second-order valence-corrected chi connectivity index (χ2v) is 5.49. The fourth-order valence-electron chi connectivity index (χ4n) is 2.37. The van der Waals surface area contributed by atoms with Gasteiger partial charge >= 0.3 is 6.36 Å². The van der Waals surface area contributed by atoms with Crippen LogP contribution in [0.2, 0.25) is 0 Å². The van der Waals surface area contributed by atoms with Gasteiger partial charge in [-0.25, -0.2) is 0 Å². The normalized spacial score (nSPS) is 22.4. The minimum atomic E-state index is -4.69. The molecule has 1 aromatic rings. The van der Waals surface area contributed by atoms with Crippen LogP contribution in [0.5, 0.6) is 5.75 Å². The average molecular weight is 289 g/mol. The summed E-state index contributed by atoms with van der Waals surface area (Å²) in [6, 6.07) is 6.15. The van der Waals surface area contributed by atoms with Crippen molar-refractivity contribution >= 4 is 5.69 Å². The highest BCUT2D eigenvalue weighted by Crippen LogP contribution is 2.33. The van der Waals surface area contributed by atoms with Crippen LogP contribution in [-0.4, -0.2) is 24.6 Å². The largest absolute Gasteiger partial charge is 0.573 e. The zero-order valence-corrected chi connectivity index (χ0v) is 11.5. The molecular formula is C14H18F3NO2. The summed E-state index contributed by atoms with van der Waals surface area (Å²) in [5, 5.41) is 3.12. The lowest BCUT2D eigenvalue weighted by Crippen LogP contribution is -2.40. The molecule has 1 heterocycles. The molecule has 0 amide bonds. The molecule has 0 aromatic heterocycles. The van der Waals surface area contributed by atoms with Crippen LogP contribution in [-0.2, 0) is 4.74 Å². The molecule has 1 saturated heterocycles. The standard InChI is InChI=1S/C14H18F3NO2/c1-13(2)9-10(7-8-19-13)18-11-5-3-4-6-12(11)20-14(15,16)17/h3-6,10,18H,7-9H2,1-2H3. The van der Waals surface area contributed by atoms with E-state index in [-0.39, 0.29) is 17.4 Å². The number of nitrogens with one attached hydrogen (secondary N) is 1. The maximum Gasteiger partial charge on any atom is 0.573 e. The lowest BCUT2D eigenvalue weighted by molar-refractivity contribution is -0.274. The van der Waals surface area contributed by atoms with Gasteiger partial charge in [0.05, 0.1) is 11.3 Å². The summed E-state index contributed by atoms with van der Waals surface area (Å²) in [5.41, 5.74) is 0.0861. The van der Waals surface area contributed by atoms with Crippen LogP contribution in [0, 0.1) is 0 Å². The number of hydrogen-bond donors (Lipinski definition) is 1. The van der Waals surface area contributed by atoms with Gasteiger partial charge < -0.3 is 14.8 Å². The molecule has 0 spiro atoms. The SMILES string of the molecule is CC1(C)CC(Nc2ccccc2OC(F)(F)F)CCO1. The molecule has 2 rings (SSSR count). The zero-order chi connectivity index (χ0) is 14.8. The molecule has 0 aliphatic carbocycles. The van der Waals surface area contributed by atoms with Crippen molar-refractivity contribution in [3.05, 3.63) is 24.3 Å². The van der Waals surface area contributed by atoms with E-state index in [4.69, 9.17) is 4.74 Å². The fraction of sp³-hybridized carbons (Fsp3) is 0.571. The van der Waals surface area contributed by atoms with Crippen LogP contribution >= 0.6 is 0 Å². The Morgan fingerprint density at radius 1 is 1.30 bits per heavy atom. The minimum Gasteiger partial charge on any atom is -0.404 e. The molecule has 0 bridgehead atoms. The van der Waals surface area contributed by atoms with Gasteiger partial charge in [0, 0.05) is 12.6 Å². The van der Waals surface area contributed by atoms with E-state index >= 15 is 0 Å². The molecule has 1 N–H and O–H groups in total. The van der Waals surface area contributed by atoms with Crippen molar-refractivity contribution in [2.45, 2.75) is 44.7 Å². The first-order chi connectivity index (χ1) is 9.25. The van der Waals surface area contributed by atoms with Gasteiger partial charge in [0.2, 0.25) is 0 Å². The van der Waals surface area contributed by atoms with E-state index in [9.17, 15) is 13.2 Å². The summed E-state index contributed by atoms with van der Waals surface area (Å²) in [6.07, 6.45) is -3.20. The molecule has 1 aliphatic heterocycles. The van der Waals surface area contributed by atoms with E-state index in [2.05, 4.69) is 10.1 Å². The Hall–Kier alpha value is -1.43. The summed E-state index contributed by atoms with van der Waals surface area (Å²) in [6.45, 7) is 4.53. The molecule has 6 heteroatoms. The number of para-hydroxylation sites is 2. The van der Waals surface area contributed by atoms with Gasteiger partial charge in [-0.2, -0.15) is 0 Å². The van der Waals surface area contributed by atoms with Crippen molar-refractivity contribution in [1.29, 1.82) is 0 Å². The van der Waals surface area contributed by atoms with E-state index < -0.39 is 6.36 Å². The molecule has 0 radical (unpaired) electrons. The number of alkyl halides is 3. The Morgan fingerprint density at radius 3 is 2.65 bits per heavy atom.